The molecule has 1 heterocycles. The number of urea groups is 1. The fraction of sp³-hybridized carbons (Fsp3) is 0.364. The van der Waals surface area contributed by atoms with Gasteiger partial charge in [-0.05, 0) is 22.0 Å². The lowest BCUT2D eigenvalue weighted by Crippen LogP contribution is -2.39. The molecule has 6 nitrogen and oxygen atoms in total. The number of aromatic nitrogens is 1. The van der Waals surface area contributed by atoms with Gasteiger partial charge in [-0.3, -0.25) is 9.78 Å². The molecule has 0 aliphatic heterocycles. The molecule has 18 heavy (non-hydrogen) atoms. The van der Waals surface area contributed by atoms with E-state index in [0.717, 1.165) is 4.47 Å². The van der Waals surface area contributed by atoms with Gasteiger partial charge in [0.25, 0.3) is 5.91 Å². The minimum Gasteiger partial charge on any atom is -0.350 e. The largest absolute Gasteiger partial charge is 0.350 e. The minimum absolute atomic E-state index is 0.187. The van der Waals surface area contributed by atoms with E-state index >= 15 is 0 Å². The predicted octanol–water partition coefficient (Wildman–Crippen LogP) is 0.845. The van der Waals surface area contributed by atoms with Gasteiger partial charge < -0.3 is 15.5 Å². The van der Waals surface area contributed by atoms with Crippen LogP contribution in [0.1, 0.15) is 10.4 Å². The van der Waals surface area contributed by atoms with Crippen molar-refractivity contribution in [2.24, 2.45) is 0 Å². The third-order valence-corrected chi connectivity index (χ3v) is 2.49. The highest BCUT2D eigenvalue weighted by Crippen LogP contribution is 2.08. The maximum atomic E-state index is 11.7. The Bertz CT molecular complexity index is 437. The van der Waals surface area contributed by atoms with Gasteiger partial charge >= 0.3 is 6.03 Å². The SMILES string of the molecule is CN(C)C(=O)NCCNC(=O)c1cncc(Br)c1. The number of nitrogens with zero attached hydrogens (tertiary/aromatic N) is 2. The third-order valence-electron chi connectivity index (χ3n) is 2.06. The number of nitrogens with one attached hydrogen (secondary N) is 2. The quantitative estimate of drug-likeness (QED) is 0.809. The second kappa shape index (κ2) is 6.95. The number of hydrogen-bond acceptors (Lipinski definition) is 3. The van der Waals surface area contributed by atoms with Crippen molar-refractivity contribution < 1.29 is 9.59 Å². The molecule has 0 saturated heterocycles. The number of pyridine rings is 1. The van der Waals surface area contributed by atoms with Crippen molar-refractivity contribution in [3.63, 3.8) is 0 Å². The highest BCUT2D eigenvalue weighted by Gasteiger charge is 2.06. The molecule has 0 atom stereocenters. The molecule has 0 unspecified atom stereocenters. The Hall–Kier alpha value is -1.63. The van der Waals surface area contributed by atoms with Crippen LogP contribution in [0.5, 0.6) is 0 Å². The Labute approximate surface area is 114 Å². The molecule has 0 aliphatic rings. The molecule has 0 fully saturated rings. The van der Waals surface area contributed by atoms with Crippen LogP contribution in [0.2, 0.25) is 0 Å². The molecule has 0 spiro atoms. The first-order valence-electron chi connectivity index (χ1n) is 5.34. The molecule has 0 aliphatic carbocycles. The lowest BCUT2D eigenvalue weighted by atomic mass is 10.3. The van der Waals surface area contributed by atoms with E-state index in [-0.39, 0.29) is 11.9 Å². The normalized spacial score (nSPS) is 9.72. The average Bonchev–Trinajstić information content (AvgIpc) is 2.33. The van der Waals surface area contributed by atoms with Gasteiger partial charge in [-0.15, -0.1) is 0 Å². The first-order valence-corrected chi connectivity index (χ1v) is 6.14. The highest BCUT2D eigenvalue weighted by atomic mass is 79.9. The van der Waals surface area contributed by atoms with Crippen LogP contribution in [0.3, 0.4) is 0 Å². The molecule has 0 saturated carbocycles. The Balaban J connectivity index is 2.32. The standard InChI is InChI=1S/C11H15BrN4O2/c1-16(2)11(18)15-4-3-14-10(17)8-5-9(12)7-13-6-8/h5-7H,3-4H2,1-2H3,(H,14,17)(H,15,18). The Morgan fingerprint density at radius 1 is 1.28 bits per heavy atom. The molecule has 1 aromatic rings. The molecule has 3 amide bonds. The van der Waals surface area contributed by atoms with E-state index in [0.29, 0.717) is 18.7 Å². The van der Waals surface area contributed by atoms with E-state index in [9.17, 15) is 9.59 Å². The van der Waals surface area contributed by atoms with E-state index < -0.39 is 0 Å². The zero-order valence-corrected chi connectivity index (χ0v) is 11.8. The maximum absolute atomic E-state index is 11.7. The molecule has 1 aromatic heterocycles. The molecule has 0 bridgehead atoms. The Morgan fingerprint density at radius 2 is 1.94 bits per heavy atom. The van der Waals surface area contributed by atoms with Gasteiger partial charge in [0.2, 0.25) is 0 Å². The minimum atomic E-state index is -0.220. The molecule has 1 rings (SSSR count). The number of carbonyl (C=O) groups excluding carboxylic acids is 2. The van der Waals surface area contributed by atoms with Crippen molar-refractivity contribution in [3.05, 3.63) is 28.5 Å². The van der Waals surface area contributed by atoms with Crippen molar-refractivity contribution in [2.45, 2.75) is 0 Å². The van der Waals surface area contributed by atoms with Crippen LogP contribution in [-0.4, -0.2) is 49.0 Å². The van der Waals surface area contributed by atoms with Crippen LogP contribution >= 0.6 is 15.9 Å². The summed E-state index contributed by atoms with van der Waals surface area (Å²) in [7, 11) is 3.31. The summed E-state index contributed by atoms with van der Waals surface area (Å²) in [5.74, 6) is -0.220. The molecular weight excluding hydrogens is 300 g/mol. The summed E-state index contributed by atoms with van der Waals surface area (Å²) in [4.78, 5) is 28.2. The Morgan fingerprint density at radius 3 is 2.56 bits per heavy atom. The number of rotatable bonds is 4. The van der Waals surface area contributed by atoms with Crippen LogP contribution in [0.15, 0.2) is 22.9 Å². The van der Waals surface area contributed by atoms with Crippen LogP contribution < -0.4 is 10.6 Å². The fourth-order valence-corrected chi connectivity index (χ4v) is 1.51. The lowest BCUT2D eigenvalue weighted by Gasteiger charge is -2.12. The van der Waals surface area contributed by atoms with Gasteiger partial charge in [0, 0.05) is 44.1 Å². The smallest absolute Gasteiger partial charge is 0.316 e. The van der Waals surface area contributed by atoms with E-state index in [1.165, 1.54) is 11.1 Å². The summed E-state index contributed by atoms with van der Waals surface area (Å²) in [5, 5.41) is 5.34. The fourth-order valence-electron chi connectivity index (χ4n) is 1.14. The lowest BCUT2D eigenvalue weighted by molar-refractivity contribution is 0.0953. The predicted molar refractivity (Wildman–Crippen MR) is 71.4 cm³/mol. The third kappa shape index (κ3) is 4.70. The average molecular weight is 315 g/mol. The van der Waals surface area contributed by atoms with Crippen LogP contribution in [0.25, 0.3) is 0 Å². The first-order chi connectivity index (χ1) is 8.50. The van der Waals surface area contributed by atoms with Gasteiger partial charge in [0.1, 0.15) is 0 Å². The van der Waals surface area contributed by atoms with Crippen LogP contribution in [0, 0.1) is 0 Å². The molecular formula is C11H15BrN4O2. The number of hydrogen-bond donors (Lipinski definition) is 2. The second-order valence-electron chi connectivity index (χ2n) is 3.77. The zero-order valence-electron chi connectivity index (χ0n) is 10.2. The zero-order chi connectivity index (χ0) is 13.5. The topological polar surface area (TPSA) is 74.3 Å². The summed E-state index contributed by atoms with van der Waals surface area (Å²) < 4.78 is 0.746. The summed E-state index contributed by atoms with van der Waals surface area (Å²) in [6.45, 7) is 0.745. The van der Waals surface area contributed by atoms with E-state index in [1.54, 1.807) is 26.4 Å². The van der Waals surface area contributed by atoms with Gasteiger partial charge in [0.05, 0.1) is 5.56 Å². The summed E-state index contributed by atoms with van der Waals surface area (Å²) in [5.41, 5.74) is 0.475. The van der Waals surface area contributed by atoms with Gasteiger partial charge in [0.15, 0.2) is 0 Å². The van der Waals surface area contributed by atoms with Crippen molar-refractivity contribution >= 4 is 27.9 Å². The molecule has 98 valence electrons. The van der Waals surface area contributed by atoms with Gasteiger partial charge in [-0.25, -0.2) is 4.79 Å². The number of halogens is 1. The van der Waals surface area contributed by atoms with Crippen LogP contribution in [0.4, 0.5) is 4.79 Å². The maximum Gasteiger partial charge on any atom is 0.316 e. The van der Waals surface area contributed by atoms with Crippen molar-refractivity contribution in [1.82, 2.24) is 20.5 Å². The molecule has 2 N–H and O–H groups in total. The van der Waals surface area contributed by atoms with E-state index in [4.69, 9.17) is 0 Å². The molecule has 7 heteroatoms. The number of carbonyl (C=O) groups is 2. The molecule has 0 aromatic carbocycles. The highest BCUT2D eigenvalue weighted by molar-refractivity contribution is 9.10. The first kappa shape index (κ1) is 14.4. The number of amides is 3. The van der Waals surface area contributed by atoms with Crippen LogP contribution in [-0.2, 0) is 0 Å². The van der Waals surface area contributed by atoms with Crippen molar-refractivity contribution in [1.29, 1.82) is 0 Å². The second-order valence-corrected chi connectivity index (χ2v) is 4.69. The van der Waals surface area contributed by atoms with Gasteiger partial charge in [-0.1, -0.05) is 0 Å². The Kier molecular flexibility index (Phi) is 5.57. The summed E-state index contributed by atoms with van der Waals surface area (Å²) >= 11 is 3.24. The van der Waals surface area contributed by atoms with Crippen molar-refractivity contribution in [3.8, 4) is 0 Å². The van der Waals surface area contributed by atoms with Gasteiger partial charge in [-0.2, -0.15) is 0 Å². The van der Waals surface area contributed by atoms with E-state index in [2.05, 4.69) is 31.5 Å². The monoisotopic (exact) mass is 314 g/mol. The molecule has 0 radical (unpaired) electrons. The van der Waals surface area contributed by atoms with Crippen molar-refractivity contribution in [2.75, 3.05) is 27.2 Å². The summed E-state index contributed by atoms with van der Waals surface area (Å²) in [6, 6.07) is 1.49. The van der Waals surface area contributed by atoms with E-state index in [1.807, 2.05) is 0 Å². The summed E-state index contributed by atoms with van der Waals surface area (Å²) in [6.07, 6.45) is 3.09.